The van der Waals surface area contributed by atoms with Crippen molar-refractivity contribution in [3.8, 4) is 0 Å². The zero-order chi connectivity index (χ0) is 12.5. The highest BCUT2D eigenvalue weighted by atomic mass is 19.1. The molecule has 0 amide bonds. The minimum atomic E-state index is -0.286. The summed E-state index contributed by atoms with van der Waals surface area (Å²) in [6.45, 7) is 5.45. The van der Waals surface area contributed by atoms with Crippen LogP contribution in [0.1, 0.15) is 33.1 Å². The van der Waals surface area contributed by atoms with Crippen LogP contribution < -0.4 is 11.1 Å². The van der Waals surface area contributed by atoms with Crippen LogP contribution in [-0.2, 0) is 0 Å². The van der Waals surface area contributed by atoms with Crippen LogP contribution >= 0.6 is 0 Å². The van der Waals surface area contributed by atoms with E-state index in [1.165, 1.54) is 31.4 Å². The summed E-state index contributed by atoms with van der Waals surface area (Å²) in [6, 6.07) is 4.51. The fourth-order valence-corrected chi connectivity index (χ4v) is 2.35. The van der Waals surface area contributed by atoms with Crippen LogP contribution in [0, 0.1) is 17.2 Å². The molecule has 0 spiro atoms. The van der Waals surface area contributed by atoms with E-state index >= 15 is 0 Å². The Morgan fingerprint density at radius 2 is 2.12 bits per heavy atom. The molecule has 3 heteroatoms. The molecule has 0 radical (unpaired) electrons. The minimum absolute atomic E-state index is 0.277. The van der Waals surface area contributed by atoms with Gasteiger partial charge in [0.25, 0.3) is 0 Å². The van der Waals surface area contributed by atoms with Crippen molar-refractivity contribution in [3.05, 3.63) is 24.0 Å². The maximum absolute atomic E-state index is 12.9. The first-order valence-electron chi connectivity index (χ1n) is 6.28. The van der Waals surface area contributed by atoms with Gasteiger partial charge in [-0.3, -0.25) is 0 Å². The quantitative estimate of drug-likeness (QED) is 0.783. The number of nitrogens with one attached hydrogen (secondary N) is 1. The molecule has 17 heavy (non-hydrogen) atoms. The van der Waals surface area contributed by atoms with E-state index in [1.54, 1.807) is 6.07 Å². The van der Waals surface area contributed by atoms with E-state index in [0.717, 1.165) is 18.2 Å². The van der Waals surface area contributed by atoms with Crippen molar-refractivity contribution in [1.29, 1.82) is 0 Å². The Bertz CT molecular complexity index is 397. The van der Waals surface area contributed by atoms with Gasteiger partial charge >= 0.3 is 0 Å². The molecule has 3 N–H and O–H groups in total. The van der Waals surface area contributed by atoms with Gasteiger partial charge in [-0.25, -0.2) is 4.39 Å². The normalized spacial score (nSPS) is 16.6. The van der Waals surface area contributed by atoms with E-state index in [4.69, 9.17) is 5.73 Å². The van der Waals surface area contributed by atoms with Gasteiger partial charge in [-0.05, 0) is 42.4 Å². The fraction of sp³-hybridized carbons (Fsp3) is 0.571. The Morgan fingerprint density at radius 3 is 2.65 bits per heavy atom. The molecule has 1 aromatic rings. The molecule has 1 aromatic carbocycles. The van der Waals surface area contributed by atoms with Crippen LogP contribution in [0.4, 0.5) is 15.8 Å². The molecule has 2 rings (SSSR count). The Balaban J connectivity index is 1.97. The molecule has 0 heterocycles. The van der Waals surface area contributed by atoms with E-state index < -0.39 is 0 Å². The third-order valence-electron chi connectivity index (χ3n) is 3.96. The van der Waals surface area contributed by atoms with Crippen LogP contribution in [0.15, 0.2) is 18.2 Å². The summed E-state index contributed by atoms with van der Waals surface area (Å²) in [6.07, 6.45) is 4.01. The lowest BCUT2D eigenvalue weighted by Gasteiger charge is -2.40. The van der Waals surface area contributed by atoms with Gasteiger partial charge in [-0.2, -0.15) is 0 Å². The van der Waals surface area contributed by atoms with Crippen LogP contribution in [-0.4, -0.2) is 6.54 Å². The number of nitrogen functional groups attached to an aromatic ring is 1. The van der Waals surface area contributed by atoms with E-state index in [0.29, 0.717) is 5.69 Å². The van der Waals surface area contributed by atoms with E-state index in [-0.39, 0.29) is 11.2 Å². The van der Waals surface area contributed by atoms with Gasteiger partial charge in [0.05, 0.1) is 11.4 Å². The van der Waals surface area contributed by atoms with Crippen LogP contribution in [0.3, 0.4) is 0 Å². The first kappa shape index (κ1) is 12.2. The number of hydrogen-bond donors (Lipinski definition) is 2. The standard InChI is InChI=1S/C14H21FN2/c1-14(2,10-4-3-5-10)9-17-13-7-6-11(15)8-12(13)16/h6-8,10,17H,3-5,9,16H2,1-2H3. The predicted octanol–water partition coefficient (Wildman–Crippen LogP) is 3.65. The first-order valence-corrected chi connectivity index (χ1v) is 6.28. The molecule has 1 aliphatic carbocycles. The van der Waals surface area contributed by atoms with Gasteiger partial charge in [-0.15, -0.1) is 0 Å². The van der Waals surface area contributed by atoms with Gasteiger partial charge in [-0.1, -0.05) is 20.3 Å². The summed E-state index contributed by atoms with van der Waals surface area (Å²) in [5.41, 5.74) is 7.36. The molecule has 94 valence electrons. The maximum atomic E-state index is 12.9. The molecular formula is C14H21FN2. The zero-order valence-corrected chi connectivity index (χ0v) is 10.6. The molecule has 1 fully saturated rings. The van der Waals surface area contributed by atoms with Gasteiger partial charge < -0.3 is 11.1 Å². The third kappa shape index (κ3) is 2.71. The Labute approximate surface area is 102 Å². The smallest absolute Gasteiger partial charge is 0.125 e. The highest BCUT2D eigenvalue weighted by molar-refractivity contribution is 5.65. The van der Waals surface area contributed by atoms with Crippen LogP contribution in [0.5, 0.6) is 0 Å². The van der Waals surface area contributed by atoms with Crippen molar-refractivity contribution < 1.29 is 4.39 Å². The molecule has 1 saturated carbocycles. The minimum Gasteiger partial charge on any atom is -0.397 e. The van der Waals surface area contributed by atoms with Crippen LogP contribution in [0.2, 0.25) is 0 Å². The average Bonchev–Trinajstić information content (AvgIpc) is 2.12. The van der Waals surface area contributed by atoms with Gasteiger partial charge in [0.2, 0.25) is 0 Å². The topological polar surface area (TPSA) is 38.0 Å². The monoisotopic (exact) mass is 236 g/mol. The third-order valence-corrected chi connectivity index (χ3v) is 3.96. The molecule has 0 bridgehead atoms. The number of hydrogen-bond acceptors (Lipinski definition) is 2. The molecular weight excluding hydrogens is 215 g/mol. The predicted molar refractivity (Wildman–Crippen MR) is 70.4 cm³/mol. The van der Waals surface area contributed by atoms with Crippen molar-refractivity contribution >= 4 is 11.4 Å². The summed E-state index contributed by atoms with van der Waals surface area (Å²) < 4.78 is 12.9. The summed E-state index contributed by atoms with van der Waals surface area (Å²) in [5.74, 6) is 0.517. The van der Waals surface area contributed by atoms with Crippen molar-refractivity contribution in [1.82, 2.24) is 0 Å². The van der Waals surface area contributed by atoms with E-state index in [1.807, 2.05) is 0 Å². The molecule has 0 saturated heterocycles. The van der Waals surface area contributed by atoms with Gasteiger partial charge in [0.15, 0.2) is 0 Å². The average molecular weight is 236 g/mol. The summed E-state index contributed by atoms with van der Waals surface area (Å²) in [4.78, 5) is 0. The fourth-order valence-electron chi connectivity index (χ4n) is 2.35. The second-order valence-electron chi connectivity index (χ2n) is 5.70. The number of halogens is 1. The molecule has 0 aliphatic heterocycles. The molecule has 0 atom stereocenters. The molecule has 0 unspecified atom stereocenters. The number of rotatable bonds is 4. The highest BCUT2D eigenvalue weighted by Gasteiger charge is 2.33. The van der Waals surface area contributed by atoms with Crippen molar-refractivity contribution in [2.75, 3.05) is 17.6 Å². The Kier molecular flexibility index (Phi) is 3.27. The van der Waals surface area contributed by atoms with Crippen molar-refractivity contribution in [2.45, 2.75) is 33.1 Å². The second-order valence-corrected chi connectivity index (χ2v) is 5.70. The maximum Gasteiger partial charge on any atom is 0.125 e. The lowest BCUT2D eigenvalue weighted by molar-refractivity contribution is 0.134. The summed E-state index contributed by atoms with van der Waals surface area (Å²) in [5, 5.41) is 3.34. The highest BCUT2D eigenvalue weighted by Crippen LogP contribution is 2.41. The van der Waals surface area contributed by atoms with E-state index in [9.17, 15) is 4.39 Å². The summed E-state index contributed by atoms with van der Waals surface area (Å²) >= 11 is 0. The lowest BCUT2D eigenvalue weighted by atomic mass is 9.67. The summed E-state index contributed by atoms with van der Waals surface area (Å²) in [7, 11) is 0. The van der Waals surface area contributed by atoms with Gasteiger partial charge in [0, 0.05) is 6.54 Å². The van der Waals surface area contributed by atoms with Crippen molar-refractivity contribution in [3.63, 3.8) is 0 Å². The lowest BCUT2D eigenvalue weighted by Crippen LogP contribution is -2.35. The second kappa shape index (κ2) is 4.55. The van der Waals surface area contributed by atoms with Gasteiger partial charge in [0.1, 0.15) is 5.82 Å². The zero-order valence-electron chi connectivity index (χ0n) is 10.6. The largest absolute Gasteiger partial charge is 0.397 e. The number of nitrogens with two attached hydrogens (primary N) is 1. The molecule has 1 aliphatic rings. The van der Waals surface area contributed by atoms with Crippen LogP contribution in [0.25, 0.3) is 0 Å². The van der Waals surface area contributed by atoms with E-state index in [2.05, 4.69) is 19.2 Å². The Hall–Kier alpha value is -1.25. The first-order chi connectivity index (χ1) is 7.99. The SMILES string of the molecule is CC(C)(CNc1ccc(F)cc1N)C1CCC1. The van der Waals surface area contributed by atoms with Crippen molar-refractivity contribution in [2.24, 2.45) is 11.3 Å². The molecule has 0 aromatic heterocycles. The number of anilines is 2. The molecule has 2 nitrogen and oxygen atoms in total. The Morgan fingerprint density at radius 1 is 1.41 bits per heavy atom. The number of benzene rings is 1.